The first-order chi connectivity index (χ1) is 13.3. The molecule has 1 saturated heterocycles. The number of hydrogen-bond donors (Lipinski definition) is 2. The predicted molar refractivity (Wildman–Crippen MR) is 97.8 cm³/mol. The maximum absolute atomic E-state index is 12.7. The summed E-state index contributed by atoms with van der Waals surface area (Å²) in [6.45, 7) is 4.11. The molecule has 28 heavy (non-hydrogen) atoms. The van der Waals surface area contributed by atoms with Crippen molar-refractivity contribution >= 4 is 17.9 Å². The average Bonchev–Trinajstić information content (AvgIpc) is 2.68. The Labute approximate surface area is 161 Å². The van der Waals surface area contributed by atoms with Gasteiger partial charge in [0.25, 0.3) is 0 Å². The number of piperidine rings is 1. The minimum atomic E-state index is -4.51. The van der Waals surface area contributed by atoms with E-state index in [9.17, 15) is 18.0 Å². The molecule has 0 aliphatic carbocycles. The van der Waals surface area contributed by atoms with Gasteiger partial charge in [0.05, 0.1) is 12.5 Å². The number of ether oxygens (including phenoxy) is 1. The number of aromatic nitrogens is 2. The molecule has 1 aromatic rings. The van der Waals surface area contributed by atoms with Crippen molar-refractivity contribution in [1.29, 1.82) is 0 Å². The van der Waals surface area contributed by atoms with E-state index in [1.54, 1.807) is 14.0 Å². The first-order valence-corrected chi connectivity index (χ1v) is 9.11. The lowest BCUT2D eigenvalue weighted by Crippen LogP contribution is -2.49. The Balaban J connectivity index is 1.82. The summed E-state index contributed by atoms with van der Waals surface area (Å²) in [5.74, 6) is 0.141. The van der Waals surface area contributed by atoms with Crippen LogP contribution in [0.3, 0.4) is 0 Å². The van der Waals surface area contributed by atoms with Gasteiger partial charge in [0, 0.05) is 39.4 Å². The second-order valence-electron chi connectivity index (χ2n) is 6.20. The second kappa shape index (κ2) is 10.1. The van der Waals surface area contributed by atoms with Crippen molar-refractivity contribution in [2.24, 2.45) is 10.9 Å². The van der Waals surface area contributed by atoms with E-state index in [0.717, 1.165) is 31.6 Å². The fourth-order valence-corrected chi connectivity index (χ4v) is 2.90. The van der Waals surface area contributed by atoms with Gasteiger partial charge < -0.3 is 20.3 Å². The molecule has 8 nitrogen and oxygen atoms in total. The van der Waals surface area contributed by atoms with E-state index in [1.807, 2.05) is 4.90 Å². The van der Waals surface area contributed by atoms with Crippen molar-refractivity contribution in [3.05, 3.63) is 18.0 Å². The molecule has 1 aliphatic heterocycles. The molecule has 0 aromatic carbocycles. The zero-order valence-electron chi connectivity index (χ0n) is 15.9. The van der Waals surface area contributed by atoms with Gasteiger partial charge in [0.15, 0.2) is 5.96 Å². The Kier molecular flexibility index (Phi) is 7.82. The Morgan fingerprint density at radius 2 is 2.21 bits per heavy atom. The van der Waals surface area contributed by atoms with Gasteiger partial charge in [-0.1, -0.05) is 0 Å². The minimum absolute atomic E-state index is 0.0908. The van der Waals surface area contributed by atoms with Gasteiger partial charge in [-0.15, -0.1) is 0 Å². The highest BCUT2D eigenvalue weighted by Gasteiger charge is 2.32. The lowest BCUT2D eigenvalue weighted by Gasteiger charge is -2.33. The number of aliphatic imine (C=N–C) groups is 1. The maximum Gasteiger partial charge on any atom is 0.433 e. The molecule has 1 atom stereocenters. The lowest BCUT2D eigenvalue weighted by atomic mass is 9.98. The third-order valence-corrected chi connectivity index (χ3v) is 4.19. The summed E-state index contributed by atoms with van der Waals surface area (Å²) in [4.78, 5) is 25.4. The number of hydrogen-bond acceptors (Lipinski definition) is 6. The van der Waals surface area contributed by atoms with Crippen LogP contribution in [0.4, 0.5) is 19.1 Å². The van der Waals surface area contributed by atoms with E-state index >= 15 is 0 Å². The molecule has 1 aliphatic rings. The Morgan fingerprint density at radius 3 is 2.89 bits per heavy atom. The van der Waals surface area contributed by atoms with Crippen LogP contribution in [0.2, 0.25) is 0 Å². The highest BCUT2D eigenvalue weighted by atomic mass is 19.4. The van der Waals surface area contributed by atoms with Crippen molar-refractivity contribution in [1.82, 2.24) is 20.2 Å². The summed E-state index contributed by atoms with van der Waals surface area (Å²) in [5, 5.41) is 5.88. The van der Waals surface area contributed by atoms with Crippen LogP contribution in [-0.4, -0.2) is 66.6 Å². The van der Waals surface area contributed by atoms with Crippen molar-refractivity contribution in [2.45, 2.75) is 25.9 Å². The largest absolute Gasteiger partial charge is 0.466 e. The fraction of sp³-hybridized carbons (Fsp3) is 0.647. The van der Waals surface area contributed by atoms with Crippen LogP contribution >= 0.6 is 0 Å². The van der Waals surface area contributed by atoms with Gasteiger partial charge in [-0.05, 0) is 25.8 Å². The zero-order chi connectivity index (χ0) is 20.6. The number of anilines is 1. The van der Waals surface area contributed by atoms with Crippen LogP contribution in [0.5, 0.6) is 0 Å². The predicted octanol–water partition coefficient (Wildman–Crippen LogP) is 1.76. The molecule has 1 fully saturated rings. The number of esters is 1. The van der Waals surface area contributed by atoms with Crippen molar-refractivity contribution < 1.29 is 22.7 Å². The number of nitrogens with zero attached hydrogens (tertiary/aromatic N) is 4. The second-order valence-corrected chi connectivity index (χ2v) is 6.20. The fourth-order valence-electron chi connectivity index (χ4n) is 2.90. The smallest absolute Gasteiger partial charge is 0.433 e. The van der Waals surface area contributed by atoms with Crippen LogP contribution in [0.1, 0.15) is 25.5 Å². The van der Waals surface area contributed by atoms with E-state index in [0.29, 0.717) is 32.2 Å². The minimum Gasteiger partial charge on any atom is -0.466 e. The van der Waals surface area contributed by atoms with Gasteiger partial charge in [-0.2, -0.15) is 13.2 Å². The number of likely N-dealkylation sites (tertiary alicyclic amines) is 1. The molecule has 0 amide bonds. The quantitative estimate of drug-likeness (QED) is 0.324. The highest BCUT2D eigenvalue weighted by Crippen LogP contribution is 2.27. The Hall–Kier alpha value is -2.59. The van der Waals surface area contributed by atoms with Crippen LogP contribution in [-0.2, 0) is 15.7 Å². The Morgan fingerprint density at radius 1 is 1.43 bits per heavy atom. The van der Waals surface area contributed by atoms with E-state index in [1.165, 1.54) is 0 Å². The molecule has 156 valence electrons. The molecule has 2 rings (SSSR count). The molecule has 1 aromatic heterocycles. The van der Waals surface area contributed by atoms with Crippen LogP contribution in [0.15, 0.2) is 17.3 Å². The van der Waals surface area contributed by atoms with E-state index in [4.69, 9.17) is 4.74 Å². The summed E-state index contributed by atoms with van der Waals surface area (Å²) >= 11 is 0. The van der Waals surface area contributed by atoms with Crippen molar-refractivity contribution in [3.63, 3.8) is 0 Å². The first-order valence-electron chi connectivity index (χ1n) is 9.11. The number of guanidine groups is 1. The van der Waals surface area contributed by atoms with Gasteiger partial charge in [0.1, 0.15) is 5.69 Å². The molecule has 2 heterocycles. The third kappa shape index (κ3) is 6.24. The van der Waals surface area contributed by atoms with Gasteiger partial charge in [-0.25, -0.2) is 9.97 Å². The molecular weight excluding hydrogens is 377 g/mol. The maximum atomic E-state index is 12.7. The molecule has 11 heteroatoms. The zero-order valence-corrected chi connectivity index (χ0v) is 15.9. The summed E-state index contributed by atoms with van der Waals surface area (Å²) in [6.07, 6.45) is -1.82. The molecule has 0 saturated carbocycles. The molecule has 0 radical (unpaired) electrons. The number of nitrogens with one attached hydrogen (secondary N) is 2. The van der Waals surface area contributed by atoms with E-state index in [-0.39, 0.29) is 17.8 Å². The monoisotopic (exact) mass is 402 g/mol. The number of alkyl halides is 3. The normalized spacial score (nSPS) is 18.0. The highest BCUT2D eigenvalue weighted by molar-refractivity contribution is 5.81. The molecule has 2 N–H and O–H groups in total. The summed E-state index contributed by atoms with van der Waals surface area (Å²) in [6, 6.07) is 0.821. The summed E-state index contributed by atoms with van der Waals surface area (Å²) in [5.41, 5.74) is -0.993. The number of carbonyl (C=O) groups is 1. The topological polar surface area (TPSA) is 91.7 Å². The van der Waals surface area contributed by atoms with Crippen LogP contribution in [0, 0.1) is 5.92 Å². The lowest BCUT2D eigenvalue weighted by molar-refractivity contribution is -0.149. The SMILES string of the molecule is CCOC(=O)C1CCCN(C(=NC)NCCNc2nccc(C(F)(F)F)n2)C1. The standard InChI is InChI=1S/C17H25F3N6O2/c1-3-28-14(27)12-5-4-10-26(11-12)16(21-2)24-9-8-23-15-22-7-6-13(25-15)17(18,19)20/h6-7,12H,3-5,8-11H2,1-2H3,(H,21,24)(H,22,23,25). The van der Waals surface area contributed by atoms with Gasteiger partial charge in [0.2, 0.25) is 5.95 Å². The van der Waals surface area contributed by atoms with Crippen LogP contribution < -0.4 is 10.6 Å². The molecule has 1 unspecified atom stereocenters. The van der Waals surface area contributed by atoms with Gasteiger partial charge >= 0.3 is 12.1 Å². The number of rotatable bonds is 6. The average molecular weight is 402 g/mol. The summed E-state index contributed by atoms with van der Waals surface area (Å²) in [7, 11) is 1.64. The Bertz CT molecular complexity index is 683. The van der Waals surface area contributed by atoms with Gasteiger partial charge in [-0.3, -0.25) is 9.79 Å². The van der Waals surface area contributed by atoms with Crippen molar-refractivity contribution in [2.75, 3.05) is 45.2 Å². The van der Waals surface area contributed by atoms with Crippen molar-refractivity contribution in [3.8, 4) is 0 Å². The van der Waals surface area contributed by atoms with Crippen LogP contribution in [0.25, 0.3) is 0 Å². The summed E-state index contributed by atoms with van der Waals surface area (Å²) < 4.78 is 43.1. The first kappa shape index (κ1) is 21.7. The van der Waals surface area contributed by atoms with E-state index < -0.39 is 11.9 Å². The molecule has 0 spiro atoms. The van der Waals surface area contributed by atoms with E-state index in [2.05, 4.69) is 25.6 Å². The third-order valence-electron chi connectivity index (χ3n) is 4.19. The number of halogens is 3. The molecule has 0 bridgehead atoms. The number of carbonyl (C=O) groups excluding carboxylic acids is 1. The molecular formula is C17H25F3N6O2.